The molecule has 4 rings (SSSR count). The Balaban J connectivity index is 1.33. The van der Waals surface area contributed by atoms with Gasteiger partial charge in [0.2, 0.25) is 10.0 Å². The molecule has 0 radical (unpaired) electrons. The number of nitrogens with one attached hydrogen (secondary N) is 1. The first-order valence-electron chi connectivity index (χ1n) is 9.89. The van der Waals surface area contributed by atoms with Crippen molar-refractivity contribution in [1.82, 2.24) is 14.5 Å². The zero-order valence-electron chi connectivity index (χ0n) is 16.9. The van der Waals surface area contributed by atoms with E-state index < -0.39 is 10.0 Å². The number of halogens is 2. The number of aromatic hydroxyl groups is 1. The lowest BCUT2D eigenvalue weighted by Gasteiger charge is -2.34. The Morgan fingerprint density at radius 1 is 1.06 bits per heavy atom. The molecule has 11 heteroatoms. The molecule has 2 aliphatic heterocycles. The molecular weight excluding hydrogens is 493 g/mol. The van der Waals surface area contributed by atoms with E-state index >= 15 is 0 Å². The van der Waals surface area contributed by atoms with E-state index in [0.29, 0.717) is 35.3 Å². The fourth-order valence-corrected chi connectivity index (χ4v) is 6.49. The van der Waals surface area contributed by atoms with Gasteiger partial charge >= 0.3 is 0 Å². The number of hydrogen-bond donors (Lipinski definition) is 2. The van der Waals surface area contributed by atoms with Gasteiger partial charge in [-0.1, -0.05) is 29.3 Å². The first kappa shape index (κ1) is 23.3. The maximum absolute atomic E-state index is 12.9. The molecule has 1 saturated heterocycles. The Labute approximate surface area is 201 Å². The van der Waals surface area contributed by atoms with Crippen molar-refractivity contribution in [1.29, 1.82) is 0 Å². The molecule has 0 aliphatic carbocycles. The Morgan fingerprint density at radius 2 is 1.69 bits per heavy atom. The molecule has 2 heterocycles. The number of hydrogen-bond acceptors (Lipinski definition) is 6. The number of amides is 1. The summed E-state index contributed by atoms with van der Waals surface area (Å²) in [6, 6.07) is 10.8. The number of phenolic OH excluding ortho intramolecular Hbond substituents is 1. The van der Waals surface area contributed by atoms with Gasteiger partial charge < -0.3 is 15.3 Å². The lowest BCUT2D eigenvalue weighted by atomic mass is 10.1. The second-order valence-corrected chi connectivity index (χ2v) is 11.2. The minimum absolute atomic E-state index is 0.00434. The molecule has 0 bridgehead atoms. The fourth-order valence-electron chi connectivity index (χ4n) is 3.58. The summed E-state index contributed by atoms with van der Waals surface area (Å²) in [5.74, 6) is -0.156. The van der Waals surface area contributed by atoms with Crippen molar-refractivity contribution < 1.29 is 18.3 Å². The van der Waals surface area contributed by atoms with Crippen LogP contribution < -0.4 is 5.32 Å². The summed E-state index contributed by atoms with van der Waals surface area (Å²) in [5.41, 5.74) is 1.31. The van der Waals surface area contributed by atoms with Gasteiger partial charge in [-0.3, -0.25) is 4.79 Å². The van der Waals surface area contributed by atoms with Crippen molar-refractivity contribution in [2.75, 3.05) is 26.2 Å². The van der Waals surface area contributed by atoms with E-state index in [1.165, 1.54) is 40.3 Å². The van der Waals surface area contributed by atoms with Crippen LogP contribution in [0.5, 0.6) is 5.75 Å². The SMILES string of the molecule is O=C(C1=CSC(Cc2c(Cl)cccc2Cl)N1)N1CCN(S(=O)(=O)c2ccc(O)cc2)CC1. The summed E-state index contributed by atoms with van der Waals surface area (Å²) in [4.78, 5) is 14.7. The third-order valence-electron chi connectivity index (χ3n) is 5.35. The van der Waals surface area contributed by atoms with Gasteiger partial charge in [-0.05, 0) is 42.0 Å². The van der Waals surface area contributed by atoms with Crippen molar-refractivity contribution in [3.05, 3.63) is 69.2 Å². The number of piperazine rings is 1. The first-order chi connectivity index (χ1) is 15.3. The first-order valence-corrected chi connectivity index (χ1v) is 13.0. The molecule has 2 aromatic rings. The summed E-state index contributed by atoms with van der Waals surface area (Å²) in [5, 5.41) is 15.5. The maximum atomic E-state index is 12.9. The molecule has 170 valence electrons. The highest BCUT2D eigenvalue weighted by Crippen LogP contribution is 2.31. The van der Waals surface area contributed by atoms with Crippen molar-refractivity contribution >= 4 is 50.9 Å². The Morgan fingerprint density at radius 3 is 2.31 bits per heavy atom. The molecule has 1 atom stereocenters. The molecule has 0 spiro atoms. The molecule has 2 aromatic carbocycles. The largest absolute Gasteiger partial charge is 0.508 e. The summed E-state index contributed by atoms with van der Waals surface area (Å²) in [6.07, 6.45) is 0.565. The van der Waals surface area contributed by atoms with E-state index in [1.54, 1.807) is 28.5 Å². The standard InChI is InChI=1S/C21H21Cl2N3O4S2/c22-17-2-1-3-18(23)16(17)12-20-24-19(13-31-20)21(28)25-8-10-26(11-9-25)32(29,30)15-6-4-14(27)5-7-15/h1-7,13,20,24,27H,8-12H2. The van der Waals surface area contributed by atoms with Gasteiger partial charge in [-0.25, -0.2) is 8.42 Å². The summed E-state index contributed by atoms with van der Waals surface area (Å²) in [6.45, 7) is 0.990. The molecule has 0 aromatic heterocycles. The summed E-state index contributed by atoms with van der Waals surface area (Å²) in [7, 11) is -3.67. The molecule has 0 saturated carbocycles. The van der Waals surface area contributed by atoms with Crippen LogP contribution in [0.2, 0.25) is 10.0 Å². The smallest absolute Gasteiger partial charge is 0.270 e. The van der Waals surface area contributed by atoms with Gasteiger partial charge in [-0.2, -0.15) is 4.31 Å². The molecule has 1 amide bonds. The zero-order chi connectivity index (χ0) is 22.9. The van der Waals surface area contributed by atoms with Crippen LogP contribution in [-0.4, -0.2) is 60.2 Å². The van der Waals surface area contributed by atoms with Crippen LogP contribution in [0.15, 0.2) is 58.5 Å². The second kappa shape index (κ2) is 9.52. The Bertz CT molecular complexity index is 1130. The summed E-state index contributed by atoms with van der Waals surface area (Å²) < 4.78 is 26.9. The summed E-state index contributed by atoms with van der Waals surface area (Å²) >= 11 is 14.0. The van der Waals surface area contributed by atoms with E-state index in [4.69, 9.17) is 23.2 Å². The third-order valence-corrected chi connectivity index (χ3v) is 8.95. The van der Waals surface area contributed by atoms with E-state index in [2.05, 4.69) is 5.32 Å². The monoisotopic (exact) mass is 513 g/mol. The van der Waals surface area contributed by atoms with Gasteiger partial charge in [0.15, 0.2) is 0 Å². The van der Waals surface area contributed by atoms with Gasteiger partial charge in [0.1, 0.15) is 11.4 Å². The lowest BCUT2D eigenvalue weighted by Crippen LogP contribution is -2.51. The Hall–Kier alpha value is -1.91. The van der Waals surface area contributed by atoms with Crippen LogP contribution in [0.4, 0.5) is 0 Å². The van der Waals surface area contributed by atoms with Crippen LogP contribution in [0.1, 0.15) is 5.56 Å². The fraction of sp³-hybridized carbons (Fsp3) is 0.286. The van der Waals surface area contributed by atoms with Crippen molar-refractivity contribution in [2.24, 2.45) is 0 Å². The van der Waals surface area contributed by atoms with Crippen LogP contribution in [-0.2, 0) is 21.2 Å². The highest BCUT2D eigenvalue weighted by molar-refractivity contribution is 8.03. The number of benzene rings is 2. The van der Waals surface area contributed by atoms with E-state index in [9.17, 15) is 18.3 Å². The molecule has 2 aliphatic rings. The molecule has 1 fully saturated rings. The average molecular weight is 514 g/mol. The number of nitrogens with zero attached hydrogens (tertiary/aromatic N) is 2. The van der Waals surface area contributed by atoms with Crippen molar-refractivity contribution in [3.63, 3.8) is 0 Å². The number of carbonyl (C=O) groups excluding carboxylic acids is 1. The average Bonchev–Trinajstić information content (AvgIpc) is 3.25. The third kappa shape index (κ3) is 4.87. The van der Waals surface area contributed by atoms with E-state index in [-0.39, 0.29) is 35.0 Å². The van der Waals surface area contributed by atoms with Crippen LogP contribution in [0.25, 0.3) is 0 Å². The van der Waals surface area contributed by atoms with Crippen molar-refractivity contribution in [2.45, 2.75) is 16.7 Å². The molecular formula is C21H21Cl2N3O4S2. The quantitative estimate of drug-likeness (QED) is 0.637. The highest BCUT2D eigenvalue weighted by Gasteiger charge is 2.32. The predicted octanol–water partition coefficient (Wildman–Crippen LogP) is 3.28. The number of carbonyl (C=O) groups is 1. The highest BCUT2D eigenvalue weighted by atomic mass is 35.5. The number of phenols is 1. The van der Waals surface area contributed by atoms with Gasteiger partial charge in [0.05, 0.1) is 10.3 Å². The maximum Gasteiger partial charge on any atom is 0.270 e. The number of thioether (sulfide) groups is 1. The van der Waals surface area contributed by atoms with E-state index in [0.717, 1.165) is 5.56 Å². The van der Waals surface area contributed by atoms with Crippen LogP contribution in [0.3, 0.4) is 0 Å². The molecule has 7 nitrogen and oxygen atoms in total. The number of sulfonamides is 1. The minimum atomic E-state index is -3.67. The predicted molar refractivity (Wildman–Crippen MR) is 126 cm³/mol. The number of rotatable bonds is 5. The lowest BCUT2D eigenvalue weighted by molar-refractivity contribution is -0.128. The molecule has 32 heavy (non-hydrogen) atoms. The van der Waals surface area contributed by atoms with Gasteiger partial charge in [0.25, 0.3) is 5.91 Å². The minimum Gasteiger partial charge on any atom is -0.508 e. The van der Waals surface area contributed by atoms with Crippen molar-refractivity contribution in [3.8, 4) is 5.75 Å². The normalized spacial score (nSPS) is 19.5. The molecule has 2 N–H and O–H groups in total. The topological polar surface area (TPSA) is 90.0 Å². The zero-order valence-corrected chi connectivity index (χ0v) is 20.0. The van der Waals surface area contributed by atoms with Gasteiger partial charge in [-0.15, -0.1) is 11.8 Å². The van der Waals surface area contributed by atoms with E-state index in [1.807, 2.05) is 0 Å². The van der Waals surface area contributed by atoms with Crippen LogP contribution in [0, 0.1) is 0 Å². The van der Waals surface area contributed by atoms with Gasteiger partial charge in [0, 0.05) is 48.1 Å². The van der Waals surface area contributed by atoms with Crippen LogP contribution >= 0.6 is 35.0 Å². The Kier molecular flexibility index (Phi) is 6.92. The second-order valence-electron chi connectivity index (χ2n) is 7.40. The molecule has 1 unspecified atom stereocenters.